The Hall–Kier alpha value is -1.59. The first-order valence-corrected chi connectivity index (χ1v) is 8.11. The van der Waals surface area contributed by atoms with E-state index >= 15 is 0 Å². The molecule has 2 saturated carbocycles. The number of imidazole rings is 1. The first kappa shape index (κ1) is 14.0. The molecule has 1 amide bonds. The Morgan fingerprint density at radius 3 is 3.05 bits per heavy atom. The number of hydrogen-bond acceptors (Lipinski definition) is 3. The number of fused-ring (bicyclic) bond motifs is 3. The minimum atomic E-state index is -0.209. The summed E-state index contributed by atoms with van der Waals surface area (Å²) in [4.78, 5) is 16.9. The molecule has 2 aromatic rings. The van der Waals surface area contributed by atoms with Gasteiger partial charge in [-0.15, -0.1) is 0 Å². The van der Waals surface area contributed by atoms with Crippen LogP contribution in [-0.4, -0.2) is 33.0 Å². The highest BCUT2D eigenvalue weighted by Gasteiger charge is 2.48. The molecule has 2 bridgehead atoms. The van der Waals surface area contributed by atoms with E-state index in [-0.39, 0.29) is 29.6 Å². The molecule has 116 valence electrons. The molecule has 0 radical (unpaired) electrons. The van der Waals surface area contributed by atoms with Crippen molar-refractivity contribution in [2.75, 3.05) is 6.61 Å². The summed E-state index contributed by atoms with van der Waals surface area (Å²) in [6, 6.07) is 5.56. The molecule has 4 unspecified atom stereocenters. The number of halogens is 1. The molecule has 2 aliphatic rings. The Balaban J connectivity index is 1.63. The van der Waals surface area contributed by atoms with Gasteiger partial charge in [-0.05, 0) is 43.2 Å². The molecular formula is C16H18ClN3O2. The van der Waals surface area contributed by atoms with Crippen LogP contribution in [0.15, 0.2) is 24.4 Å². The van der Waals surface area contributed by atoms with Crippen molar-refractivity contribution in [1.29, 1.82) is 0 Å². The van der Waals surface area contributed by atoms with Gasteiger partial charge >= 0.3 is 0 Å². The molecule has 0 spiro atoms. The quantitative estimate of drug-likeness (QED) is 0.910. The van der Waals surface area contributed by atoms with E-state index in [1.54, 1.807) is 10.6 Å². The van der Waals surface area contributed by atoms with Crippen molar-refractivity contribution in [2.45, 2.75) is 25.3 Å². The minimum absolute atomic E-state index is 0.0431. The number of amides is 1. The van der Waals surface area contributed by atoms with Gasteiger partial charge in [0.05, 0.1) is 0 Å². The van der Waals surface area contributed by atoms with E-state index < -0.39 is 0 Å². The molecule has 4 atom stereocenters. The fourth-order valence-corrected chi connectivity index (χ4v) is 4.55. The summed E-state index contributed by atoms with van der Waals surface area (Å²) < 4.78 is 1.71. The number of pyridine rings is 1. The predicted octanol–water partition coefficient (Wildman–Crippen LogP) is 2.12. The highest BCUT2D eigenvalue weighted by atomic mass is 35.5. The van der Waals surface area contributed by atoms with Gasteiger partial charge in [-0.25, -0.2) is 4.98 Å². The van der Waals surface area contributed by atoms with Crippen LogP contribution < -0.4 is 5.32 Å². The van der Waals surface area contributed by atoms with Crippen LogP contribution in [-0.2, 0) is 0 Å². The highest BCUT2D eigenvalue weighted by Crippen LogP contribution is 2.48. The Morgan fingerprint density at radius 1 is 1.41 bits per heavy atom. The Kier molecular flexibility index (Phi) is 3.35. The van der Waals surface area contributed by atoms with Crippen molar-refractivity contribution in [1.82, 2.24) is 14.7 Å². The maximum absolute atomic E-state index is 12.7. The number of nitrogens with zero attached hydrogens (tertiary/aromatic N) is 2. The lowest BCUT2D eigenvalue weighted by atomic mass is 9.85. The van der Waals surface area contributed by atoms with Crippen LogP contribution in [0, 0.1) is 17.8 Å². The summed E-state index contributed by atoms with van der Waals surface area (Å²) in [5.41, 5.74) is 1.03. The van der Waals surface area contributed by atoms with E-state index in [0.29, 0.717) is 23.2 Å². The van der Waals surface area contributed by atoms with Crippen molar-refractivity contribution in [3.05, 3.63) is 35.2 Å². The maximum atomic E-state index is 12.7. The Morgan fingerprint density at radius 2 is 2.23 bits per heavy atom. The van der Waals surface area contributed by atoms with E-state index in [2.05, 4.69) is 10.3 Å². The van der Waals surface area contributed by atoms with E-state index in [9.17, 15) is 9.90 Å². The molecule has 2 N–H and O–H groups in total. The fraction of sp³-hybridized carbons (Fsp3) is 0.500. The molecule has 2 heterocycles. The first-order valence-electron chi connectivity index (χ1n) is 7.73. The number of aromatic nitrogens is 2. The Labute approximate surface area is 133 Å². The first-order chi connectivity index (χ1) is 10.7. The molecule has 0 aliphatic heterocycles. The zero-order valence-corrected chi connectivity index (χ0v) is 12.8. The molecule has 6 heteroatoms. The predicted molar refractivity (Wildman–Crippen MR) is 82.9 cm³/mol. The third-order valence-electron chi connectivity index (χ3n) is 5.30. The summed E-state index contributed by atoms with van der Waals surface area (Å²) in [7, 11) is 0. The number of carbonyl (C=O) groups is 1. The van der Waals surface area contributed by atoms with Crippen molar-refractivity contribution in [3.8, 4) is 0 Å². The fourth-order valence-electron chi connectivity index (χ4n) is 4.29. The normalized spacial score (nSPS) is 30.1. The van der Waals surface area contributed by atoms with Crippen LogP contribution in [0.2, 0.25) is 5.15 Å². The van der Waals surface area contributed by atoms with Gasteiger partial charge in [0, 0.05) is 24.8 Å². The van der Waals surface area contributed by atoms with Crippen molar-refractivity contribution >= 4 is 23.2 Å². The van der Waals surface area contributed by atoms with E-state index in [1.165, 1.54) is 6.42 Å². The molecule has 22 heavy (non-hydrogen) atoms. The van der Waals surface area contributed by atoms with Gasteiger partial charge in [0.15, 0.2) is 10.8 Å². The summed E-state index contributed by atoms with van der Waals surface area (Å²) in [6.07, 6.45) is 5.19. The van der Waals surface area contributed by atoms with E-state index in [4.69, 9.17) is 11.6 Å². The van der Waals surface area contributed by atoms with Gasteiger partial charge in [-0.1, -0.05) is 17.7 Å². The summed E-state index contributed by atoms with van der Waals surface area (Å²) in [5, 5.41) is 13.0. The topological polar surface area (TPSA) is 66.6 Å². The number of aliphatic hydroxyl groups excluding tert-OH is 1. The third-order valence-corrected chi connectivity index (χ3v) is 5.56. The van der Waals surface area contributed by atoms with E-state index in [1.807, 2.05) is 18.2 Å². The molecule has 4 rings (SSSR count). The van der Waals surface area contributed by atoms with Crippen molar-refractivity contribution < 1.29 is 9.90 Å². The van der Waals surface area contributed by atoms with Crippen LogP contribution in [0.1, 0.15) is 29.8 Å². The number of rotatable bonds is 3. The van der Waals surface area contributed by atoms with Gasteiger partial charge in [-0.3, -0.25) is 9.20 Å². The second-order valence-corrected chi connectivity index (χ2v) is 6.72. The lowest BCUT2D eigenvalue weighted by molar-refractivity contribution is 0.0856. The van der Waals surface area contributed by atoms with Crippen molar-refractivity contribution in [3.63, 3.8) is 0 Å². The molecule has 2 aromatic heterocycles. The van der Waals surface area contributed by atoms with E-state index in [0.717, 1.165) is 12.8 Å². The second-order valence-electron chi connectivity index (χ2n) is 6.36. The molecule has 5 nitrogen and oxygen atoms in total. The third kappa shape index (κ3) is 2.03. The number of aliphatic hydroxyl groups is 1. The van der Waals surface area contributed by atoms with Crippen LogP contribution in [0.5, 0.6) is 0 Å². The van der Waals surface area contributed by atoms with Crippen LogP contribution >= 0.6 is 11.6 Å². The summed E-state index contributed by atoms with van der Waals surface area (Å²) in [5.74, 6) is 0.974. The average Bonchev–Trinajstić information content (AvgIpc) is 3.18. The average molecular weight is 320 g/mol. The van der Waals surface area contributed by atoms with Crippen LogP contribution in [0.4, 0.5) is 0 Å². The van der Waals surface area contributed by atoms with Crippen molar-refractivity contribution in [2.24, 2.45) is 17.8 Å². The highest BCUT2D eigenvalue weighted by molar-refractivity contribution is 6.32. The summed E-state index contributed by atoms with van der Waals surface area (Å²) >= 11 is 6.16. The number of nitrogens with one attached hydrogen (secondary N) is 1. The maximum Gasteiger partial charge on any atom is 0.271 e. The SMILES string of the molecule is O=C(NC1C2CCC(C2)C1CO)c1c(Cl)nc2ccccn12. The van der Waals surface area contributed by atoms with Gasteiger partial charge in [-0.2, -0.15) is 0 Å². The van der Waals surface area contributed by atoms with Gasteiger partial charge in [0.25, 0.3) is 5.91 Å². The smallest absolute Gasteiger partial charge is 0.271 e. The van der Waals surface area contributed by atoms with Gasteiger partial charge < -0.3 is 10.4 Å². The molecular weight excluding hydrogens is 302 g/mol. The van der Waals surface area contributed by atoms with Gasteiger partial charge in [0.1, 0.15) is 5.65 Å². The lowest BCUT2D eigenvalue weighted by Gasteiger charge is -2.30. The molecule has 0 saturated heterocycles. The Bertz CT molecular complexity index is 729. The molecule has 0 aromatic carbocycles. The zero-order valence-electron chi connectivity index (χ0n) is 12.1. The second kappa shape index (κ2) is 5.25. The molecule has 2 fully saturated rings. The zero-order chi connectivity index (χ0) is 15.3. The standard InChI is InChI=1S/C16H18ClN3O2/c17-15-14(20-6-2-1-3-12(20)18-15)16(22)19-13-10-5-4-9(7-10)11(13)8-21/h1-3,6,9-11,13,21H,4-5,7-8H2,(H,19,22). The van der Waals surface area contributed by atoms with Gasteiger partial charge in [0.2, 0.25) is 0 Å². The monoisotopic (exact) mass is 319 g/mol. The molecule has 2 aliphatic carbocycles. The summed E-state index contributed by atoms with van der Waals surface area (Å²) in [6.45, 7) is 0.132. The number of hydrogen-bond donors (Lipinski definition) is 2. The largest absolute Gasteiger partial charge is 0.396 e. The number of carbonyl (C=O) groups excluding carboxylic acids is 1. The van der Waals surface area contributed by atoms with Crippen LogP contribution in [0.25, 0.3) is 5.65 Å². The lowest BCUT2D eigenvalue weighted by Crippen LogP contribution is -2.45. The minimum Gasteiger partial charge on any atom is -0.396 e. The van der Waals surface area contributed by atoms with Crippen LogP contribution in [0.3, 0.4) is 0 Å².